The maximum Gasteiger partial charge on any atom is 0.336 e. The highest BCUT2D eigenvalue weighted by Crippen LogP contribution is 2.31. The number of nitro groups is 1. The molecule has 17 heavy (non-hydrogen) atoms. The molecule has 0 saturated carbocycles. The number of hydrogen-bond donors (Lipinski definition) is 0. The molecule has 0 saturated heterocycles. The quantitative estimate of drug-likeness (QED) is 0.608. The topological polar surface area (TPSA) is 73.3 Å². The van der Waals surface area contributed by atoms with Gasteiger partial charge in [0.1, 0.15) is 5.76 Å². The average molecular weight is 252 g/mol. The second-order valence-corrected chi connectivity index (χ2v) is 3.67. The predicted octanol–water partition coefficient (Wildman–Crippen LogP) is 2.87. The third-order valence-corrected chi connectivity index (χ3v) is 2.35. The van der Waals surface area contributed by atoms with Crippen LogP contribution in [0.25, 0.3) is 11.3 Å². The molecule has 6 heteroatoms. The van der Waals surface area contributed by atoms with Crippen LogP contribution in [-0.4, -0.2) is 4.92 Å². The van der Waals surface area contributed by atoms with Gasteiger partial charge in [-0.3, -0.25) is 10.1 Å². The number of halogens is 1. The van der Waals surface area contributed by atoms with Crippen molar-refractivity contribution < 1.29 is 9.34 Å². The molecular weight excluding hydrogens is 246 g/mol. The Morgan fingerprint density at radius 2 is 2.00 bits per heavy atom. The van der Waals surface area contributed by atoms with Crippen LogP contribution in [0.4, 0.5) is 5.69 Å². The van der Waals surface area contributed by atoms with Gasteiger partial charge in [-0.05, 0) is 18.2 Å². The van der Waals surface area contributed by atoms with Crippen molar-refractivity contribution >= 4 is 17.3 Å². The van der Waals surface area contributed by atoms with E-state index in [4.69, 9.17) is 16.0 Å². The summed E-state index contributed by atoms with van der Waals surface area (Å²) < 4.78 is 4.89. The molecule has 0 atom stereocenters. The van der Waals surface area contributed by atoms with Gasteiger partial charge in [-0.1, -0.05) is 17.7 Å². The minimum Gasteiger partial charge on any atom is -0.422 e. The Labute approximate surface area is 100 Å². The minimum atomic E-state index is -0.572. The van der Waals surface area contributed by atoms with Crippen LogP contribution in [0.15, 0.2) is 45.6 Å². The maximum atomic E-state index is 11.1. The van der Waals surface area contributed by atoms with Gasteiger partial charge < -0.3 is 4.42 Å². The van der Waals surface area contributed by atoms with Gasteiger partial charge in [0.15, 0.2) is 0 Å². The van der Waals surface area contributed by atoms with Gasteiger partial charge in [0, 0.05) is 17.2 Å². The molecule has 0 spiro atoms. The molecule has 1 heterocycles. The average Bonchev–Trinajstić information content (AvgIpc) is 2.28. The Hall–Kier alpha value is -2.14. The van der Waals surface area contributed by atoms with Crippen LogP contribution < -0.4 is 5.63 Å². The molecule has 0 fully saturated rings. The number of rotatable bonds is 2. The summed E-state index contributed by atoms with van der Waals surface area (Å²) in [6.07, 6.45) is 0. The van der Waals surface area contributed by atoms with Crippen molar-refractivity contribution in [1.82, 2.24) is 0 Å². The van der Waals surface area contributed by atoms with Gasteiger partial charge in [-0.15, -0.1) is 0 Å². The summed E-state index contributed by atoms with van der Waals surface area (Å²) in [5.74, 6) is 0.117. The van der Waals surface area contributed by atoms with E-state index in [1.165, 1.54) is 36.4 Å². The largest absolute Gasteiger partial charge is 0.422 e. The van der Waals surface area contributed by atoms with E-state index in [2.05, 4.69) is 0 Å². The van der Waals surface area contributed by atoms with Crippen LogP contribution in [0.5, 0.6) is 0 Å². The fourth-order valence-corrected chi connectivity index (χ4v) is 1.57. The summed E-state index contributed by atoms with van der Waals surface area (Å²) in [6.45, 7) is 0. The van der Waals surface area contributed by atoms with E-state index in [0.29, 0.717) is 5.02 Å². The lowest BCUT2D eigenvalue weighted by atomic mass is 10.1. The molecule has 0 N–H and O–H groups in total. The second-order valence-electron chi connectivity index (χ2n) is 3.23. The van der Waals surface area contributed by atoms with Crippen molar-refractivity contribution in [2.45, 2.75) is 0 Å². The van der Waals surface area contributed by atoms with Gasteiger partial charge >= 0.3 is 5.63 Å². The molecule has 2 aromatic rings. The Kier molecular flexibility index (Phi) is 2.93. The molecule has 1 aromatic heterocycles. The van der Waals surface area contributed by atoms with Crippen LogP contribution in [0.3, 0.4) is 0 Å². The van der Waals surface area contributed by atoms with Gasteiger partial charge in [0.25, 0.3) is 5.69 Å². The molecule has 0 unspecified atom stereocenters. The molecule has 2 rings (SSSR count). The molecule has 0 aliphatic carbocycles. The highest BCUT2D eigenvalue weighted by Gasteiger charge is 2.17. The van der Waals surface area contributed by atoms with E-state index in [9.17, 15) is 14.9 Å². The van der Waals surface area contributed by atoms with E-state index in [-0.39, 0.29) is 17.0 Å². The van der Waals surface area contributed by atoms with Crippen molar-refractivity contribution in [2.24, 2.45) is 0 Å². The first-order valence-corrected chi connectivity index (χ1v) is 5.00. The van der Waals surface area contributed by atoms with Crippen LogP contribution >= 0.6 is 11.6 Å². The number of hydrogen-bond acceptors (Lipinski definition) is 4. The van der Waals surface area contributed by atoms with Gasteiger partial charge in [0.2, 0.25) is 0 Å². The van der Waals surface area contributed by atoms with E-state index in [1.54, 1.807) is 0 Å². The highest BCUT2D eigenvalue weighted by atomic mass is 35.5. The van der Waals surface area contributed by atoms with Gasteiger partial charge in [-0.2, -0.15) is 0 Å². The highest BCUT2D eigenvalue weighted by molar-refractivity contribution is 6.31. The van der Waals surface area contributed by atoms with Crippen molar-refractivity contribution in [3.05, 3.63) is 62.0 Å². The summed E-state index contributed by atoms with van der Waals surface area (Å²) in [6, 6.07) is 8.22. The first-order chi connectivity index (χ1) is 8.08. The zero-order valence-corrected chi connectivity index (χ0v) is 9.18. The van der Waals surface area contributed by atoms with Crippen molar-refractivity contribution in [2.75, 3.05) is 0 Å². The third kappa shape index (κ3) is 2.34. The van der Waals surface area contributed by atoms with Gasteiger partial charge in [0.05, 0.1) is 10.5 Å². The fraction of sp³-hybridized carbons (Fsp3) is 0. The lowest BCUT2D eigenvalue weighted by Crippen LogP contribution is -1.97. The third-order valence-electron chi connectivity index (χ3n) is 2.11. The van der Waals surface area contributed by atoms with E-state index < -0.39 is 10.5 Å². The van der Waals surface area contributed by atoms with E-state index >= 15 is 0 Å². The molecule has 0 radical (unpaired) electrons. The monoisotopic (exact) mass is 251 g/mol. The number of nitro benzene ring substituents is 1. The van der Waals surface area contributed by atoms with E-state index in [1.807, 2.05) is 0 Å². The Bertz CT molecular complexity index is 635. The van der Waals surface area contributed by atoms with Gasteiger partial charge in [-0.25, -0.2) is 4.79 Å². The SMILES string of the molecule is O=c1cccc(-c2cc(Cl)ccc2[N+](=O)[O-])o1. The maximum absolute atomic E-state index is 11.1. The molecule has 86 valence electrons. The van der Waals surface area contributed by atoms with Crippen LogP contribution in [0.2, 0.25) is 5.02 Å². The molecule has 0 bridgehead atoms. The number of nitrogens with zero attached hydrogens (tertiary/aromatic N) is 1. The molecule has 0 aliphatic rings. The first-order valence-electron chi connectivity index (χ1n) is 4.62. The second kappa shape index (κ2) is 4.39. The smallest absolute Gasteiger partial charge is 0.336 e. The lowest BCUT2D eigenvalue weighted by molar-refractivity contribution is -0.384. The van der Waals surface area contributed by atoms with Crippen molar-refractivity contribution in [3.8, 4) is 11.3 Å². The lowest BCUT2D eigenvalue weighted by Gasteiger charge is -2.01. The molecule has 0 amide bonds. The van der Waals surface area contributed by atoms with Crippen LogP contribution in [0, 0.1) is 10.1 Å². The fourth-order valence-electron chi connectivity index (χ4n) is 1.40. The van der Waals surface area contributed by atoms with Crippen LogP contribution in [-0.2, 0) is 0 Å². The number of benzene rings is 1. The van der Waals surface area contributed by atoms with Crippen LogP contribution in [0.1, 0.15) is 0 Å². The predicted molar refractivity (Wildman–Crippen MR) is 62.1 cm³/mol. The zero-order valence-electron chi connectivity index (χ0n) is 8.42. The Morgan fingerprint density at radius 1 is 1.24 bits per heavy atom. The summed E-state index contributed by atoms with van der Waals surface area (Å²) in [4.78, 5) is 21.3. The normalized spacial score (nSPS) is 10.2. The minimum absolute atomic E-state index is 0.117. The Morgan fingerprint density at radius 3 is 2.65 bits per heavy atom. The summed E-state index contributed by atoms with van der Waals surface area (Å²) in [7, 11) is 0. The zero-order chi connectivity index (χ0) is 12.4. The standard InChI is InChI=1S/C11H6ClNO4/c12-7-4-5-9(13(15)16)8(6-7)10-2-1-3-11(14)17-10/h1-6H. The summed E-state index contributed by atoms with van der Waals surface area (Å²) >= 11 is 5.77. The molecule has 5 nitrogen and oxygen atoms in total. The van der Waals surface area contributed by atoms with Crippen molar-refractivity contribution in [3.63, 3.8) is 0 Å². The first kappa shape index (κ1) is 11.3. The molecule has 0 aliphatic heterocycles. The molecule has 1 aromatic carbocycles. The molecular formula is C11H6ClNO4. The summed E-state index contributed by atoms with van der Waals surface area (Å²) in [5.41, 5.74) is -0.555. The Balaban J connectivity index is 2.69. The van der Waals surface area contributed by atoms with Crippen molar-refractivity contribution in [1.29, 1.82) is 0 Å². The van der Waals surface area contributed by atoms with E-state index in [0.717, 1.165) is 0 Å². The summed E-state index contributed by atoms with van der Waals surface area (Å²) in [5, 5.41) is 11.2.